The fraction of sp³-hybridized carbons (Fsp3) is 0.250. The topological polar surface area (TPSA) is 136 Å². The number of para-hydroxylation sites is 1. The zero-order chi connectivity index (χ0) is 23.3. The average Bonchev–Trinajstić information content (AvgIpc) is 3.42. The van der Waals surface area contributed by atoms with E-state index in [1.54, 1.807) is 36.4 Å². The highest BCUT2D eigenvalue weighted by Gasteiger charge is 2.62. The van der Waals surface area contributed by atoms with Gasteiger partial charge < -0.3 is 19.6 Å². The molecule has 1 spiro atoms. The van der Waals surface area contributed by atoms with Crippen molar-refractivity contribution >= 4 is 23.3 Å². The number of rotatable bonds is 3. The standard InChI is InChI=1S/C24H19N3O6/c1-31-20(29)12-27-16-6-3-2-5-14(16)24(23(27)30)15(11-25)22(26)33-19-10-13(9-17(28)21(19)24)18-7-4-8-32-18/h2-8,13H,9-10,12,26H2,1H3/t13-,24+/m1/s1. The third kappa shape index (κ3) is 2.74. The van der Waals surface area contributed by atoms with Crippen molar-refractivity contribution in [3.05, 3.63) is 76.8 Å². The van der Waals surface area contributed by atoms with Gasteiger partial charge in [-0.1, -0.05) is 18.2 Å². The number of methoxy groups -OCH3 is 1. The summed E-state index contributed by atoms with van der Waals surface area (Å²) in [4.78, 5) is 41.0. The molecule has 5 rings (SSSR count). The van der Waals surface area contributed by atoms with Gasteiger partial charge in [0.25, 0.3) is 0 Å². The number of amides is 1. The number of hydrogen-bond acceptors (Lipinski definition) is 8. The minimum absolute atomic E-state index is 0.0719. The van der Waals surface area contributed by atoms with Crippen molar-refractivity contribution in [3.8, 4) is 6.07 Å². The number of nitrogens with zero attached hydrogens (tertiary/aromatic N) is 2. The SMILES string of the molecule is COC(=O)CN1C(=O)[C@]2(C(C#N)=C(N)OC3=C2C(=O)C[C@@H](c2ccco2)C3)c2ccccc21. The van der Waals surface area contributed by atoms with E-state index in [9.17, 15) is 19.6 Å². The van der Waals surface area contributed by atoms with Gasteiger partial charge in [-0.25, -0.2) is 0 Å². The highest BCUT2D eigenvalue weighted by atomic mass is 16.5. The molecule has 1 aromatic heterocycles. The number of hydrogen-bond donors (Lipinski definition) is 1. The van der Waals surface area contributed by atoms with E-state index in [-0.39, 0.29) is 53.9 Å². The first-order valence-electron chi connectivity index (χ1n) is 10.3. The number of carbonyl (C=O) groups excluding carboxylic acids is 3. The van der Waals surface area contributed by atoms with Crippen LogP contribution in [0.15, 0.2) is 69.9 Å². The van der Waals surface area contributed by atoms with Crippen LogP contribution >= 0.6 is 0 Å². The van der Waals surface area contributed by atoms with Gasteiger partial charge in [0.05, 0.1) is 18.9 Å². The number of esters is 1. The minimum Gasteiger partial charge on any atom is -0.469 e. The van der Waals surface area contributed by atoms with Crippen LogP contribution in [0.2, 0.25) is 0 Å². The van der Waals surface area contributed by atoms with Crippen molar-refractivity contribution in [3.63, 3.8) is 0 Å². The van der Waals surface area contributed by atoms with Gasteiger partial charge in [0, 0.05) is 30.0 Å². The van der Waals surface area contributed by atoms with Crippen molar-refractivity contribution in [1.29, 1.82) is 5.26 Å². The van der Waals surface area contributed by atoms with Gasteiger partial charge in [0.1, 0.15) is 35.1 Å². The third-order valence-electron chi connectivity index (χ3n) is 6.39. The normalized spacial score (nSPS) is 23.9. The molecule has 1 aliphatic carbocycles. The average molecular weight is 445 g/mol. The fourth-order valence-electron chi connectivity index (χ4n) is 5.03. The first-order valence-corrected chi connectivity index (χ1v) is 10.3. The first-order chi connectivity index (χ1) is 15.9. The number of ketones is 1. The summed E-state index contributed by atoms with van der Waals surface area (Å²) in [7, 11) is 1.22. The number of allylic oxidation sites excluding steroid dienone is 1. The lowest BCUT2D eigenvalue weighted by Crippen LogP contribution is -2.50. The summed E-state index contributed by atoms with van der Waals surface area (Å²) in [6.45, 7) is -0.376. The summed E-state index contributed by atoms with van der Waals surface area (Å²) < 4.78 is 16.0. The van der Waals surface area contributed by atoms with E-state index in [1.807, 2.05) is 6.07 Å². The van der Waals surface area contributed by atoms with Gasteiger partial charge in [-0.05, 0) is 18.2 Å². The number of Topliss-reactive ketones (excluding diaryl/α,β-unsaturated/α-hetero) is 1. The molecular weight excluding hydrogens is 426 g/mol. The Balaban J connectivity index is 1.74. The Bertz CT molecular complexity index is 1300. The van der Waals surface area contributed by atoms with Crippen molar-refractivity contribution in [2.75, 3.05) is 18.6 Å². The third-order valence-corrected chi connectivity index (χ3v) is 6.39. The molecule has 166 valence electrons. The molecule has 9 nitrogen and oxygen atoms in total. The second kappa shape index (κ2) is 7.38. The van der Waals surface area contributed by atoms with E-state index in [4.69, 9.17) is 19.6 Å². The molecule has 0 bridgehead atoms. The Labute approximate surface area is 188 Å². The van der Waals surface area contributed by atoms with Crippen LogP contribution in [-0.4, -0.2) is 31.3 Å². The maximum absolute atomic E-state index is 14.0. The Hall–Kier alpha value is -4.32. The van der Waals surface area contributed by atoms with E-state index in [2.05, 4.69) is 0 Å². The number of benzene rings is 1. The number of carbonyl (C=O) groups is 3. The lowest BCUT2D eigenvalue weighted by atomic mass is 9.64. The highest BCUT2D eigenvalue weighted by Crippen LogP contribution is 2.56. The molecule has 9 heteroatoms. The molecule has 2 aromatic rings. The number of ether oxygens (including phenoxy) is 2. The van der Waals surface area contributed by atoms with Crippen LogP contribution in [0.5, 0.6) is 0 Å². The number of furan rings is 1. The van der Waals surface area contributed by atoms with Crippen LogP contribution in [0.3, 0.4) is 0 Å². The monoisotopic (exact) mass is 445 g/mol. The van der Waals surface area contributed by atoms with Crippen molar-refractivity contribution in [1.82, 2.24) is 0 Å². The molecule has 0 fully saturated rings. The van der Waals surface area contributed by atoms with Crippen LogP contribution in [0, 0.1) is 11.3 Å². The lowest BCUT2D eigenvalue weighted by molar-refractivity contribution is -0.140. The predicted octanol–water partition coefficient (Wildman–Crippen LogP) is 2.16. The summed E-state index contributed by atoms with van der Waals surface area (Å²) in [5.41, 5.74) is 5.09. The fourth-order valence-corrected chi connectivity index (χ4v) is 5.03. The Kier molecular flexibility index (Phi) is 4.60. The van der Waals surface area contributed by atoms with E-state index < -0.39 is 17.3 Å². The second-order valence-electron chi connectivity index (χ2n) is 8.03. The maximum Gasteiger partial charge on any atom is 0.325 e. The summed E-state index contributed by atoms with van der Waals surface area (Å²) >= 11 is 0. The van der Waals surface area contributed by atoms with E-state index in [1.165, 1.54) is 18.3 Å². The molecule has 0 radical (unpaired) electrons. The van der Waals surface area contributed by atoms with Crippen molar-refractivity contribution in [2.24, 2.45) is 5.73 Å². The molecule has 0 unspecified atom stereocenters. The molecule has 3 heterocycles. The summed E-state index contributed by atoms with van der Waals surface area (Å²) in [5.74, 6) is -1.29. The van der Waals surface area contributed by atoms with Gasteiger partial charge >= 0.3 is 5.97 Å². The second-order valence-corrected chi connectivity index (χ2v) is 8.03. The van der Waals surface area contributed by atoms with E-state index >= 15 is 0 Å². The Morgan fingerprint density at radius 3 is 2.76 bits per heavy atom. The maximum atomic E-state index is 14.0. The Morgan fingerprint density at radius 1 is 1.27 bits per heavy atom. The molecule has 2 atom stereocenters. The molecule has 3 aliphatic rings. The molecule has 1 aromatic carbocycles. The van der Waals surface area contributed by atoms with E-state index in [0.29, 0.717) is 17.0 Å². The smallest absolute Gasteiger partial charge is 0.325 e. The first kappa shape index (κ1) is 20.6. The van der Waals surface area contributed by atoms with Gasteiger partial charge in [-0.3, -0.25) is 19.3 Å². The number of nitriles is 1. The van der Waals surface area contributed by atoms with Gasteiger partial charge in [-0.2, -0.15) is 5.26 Å². The quantitative estimate of drug-likeness (QED) is 0.710. The van der Waals surface area contributed by atoms with E-state index in [0.717, 1.165) is 0 Å². The van der Waals surface area contributed by atoms with Crippen LogP contribution in [0.1, 0.15) is 30.1 Å². The Morgan fingerprint density at radius 2 is 2.06 bits per heavy atom. The molecular formula is C24H19N3O6. The van der Waals surface area contributed by atoms with Crippen LogP contribution in [0.25, 0.3) is 0 Å². The molecule has 0 saturated carbocycles. The molecule has 1 amide bonds. The number of fused-ring (bicyclic) bond motifs is 3. The number of nitrogens with two attached hydrogens (primary N) is 1. The molecule has 2 aliphatic heterocycles. The zero-order valence-electron chi connectivity index (χ0n) is 17.7. The van der Waals surface area contributed by atoms with Crippen LogP contribution in [-0.2, 0) is 29.3 Å². The highest BCUT2D eigenvalue weighted by molar-refractivity contribution is 6.21. The van der Waals surface area contributed by atoms with Crippen molar-refractivity contribution < 1.29 is 28.3 Å². The van der Waals surface area contributed by atoms with Gasteiger partial charge in [-0.15, -0.1) is 0 Å². The molecule has 0 saturated heterocycles. The van der Waals surface area contributed by atoms with Crippen LogP contribution in [0.4, 0.5) is 5.69 Å². The van der Waals surface area contributed by atoms with Crippen molar-refractivity contribution in [2.45, 2.75) is 24.2 Å². The minimum atomic E-state index is -1.79. The zero-order valence-corrected chi connectivity index (χ0v) is 17.7. The van der Waals surface area contributed by atoms with Gasteiger partial charge in [0.15, 0.2) is 5.78 Å². The summed E-state index contributed by atoms with van der Waals surface area (Å²) in [5, 5.41) is 10.0. The molecule has 2 N–H and O–H groups in total. The van der Waals surface area contributed by atoms with Gasteiger partial charge in [0.2, 0.25) is 11.8 Å². The summed E-state index contributed by atoms with van der Waals surface area (Å²) in [6.07, 6.45) is 1.86. The number of anilines is 1. The van der Waals surface area contributed by atoms with Crippen LogP contribution < -0.4 is 10.6 Å². The molecule has 33 heavy (non-hydrogen) atoms. The largest absolute Gasteiger partial charge is 0.469 e. The predicted molar refractivity (Wildman–Crippen MR) is 113 cm³/mol. The summed E-state index contributed by atoms with van der Waals surface area (Å²) in [6, 6.07) is 12.2. The lowest BCUT2D eigenvalue weighted by Gasteiger charge is -2.39.